The van der Waals surface area contributed by atoms with Gasteiger partial charge in [-0.1, -0.05) is 6.08 Å². The van der Waals surface area contributed by atoms with Crippen LogP contribution in [-0.4, -0.2) is 41.8 Å². The van der Waals surface area contributed by atoms with Gasteiger partial charge in [0.1, 0.15) is 23.5 Å². The molecular weight excluding hydrogens is 418 g/mol. The Labute approximate surface area is 185 Å². The lowest BCUT2D eigenvalue weighted by Gasteiger charge is -2.26. The molecule has 8 heteroatoms. The van der Waals surface area contributed by atoms with E-state index in [0.717, 1.165) is 18.2 Å². The van der Waals surface area contributed by atoms with Crippen molar-refractivity contribution in [3.05, 3.63) is 77.9 Å². The number of carbonyl (C=O) groups is 1. The van der Waals surface area contributed by atoms with E-state index in [1.807, 2.05) is 0 Å². The number of hydrogen-bond acceptors (Lipinski definition) is 5. The SMILES string of the molecule is C=CC[C@@]1(C(=O)NCc2cc(F)ccc2F)N=C(c2ccc(OCCCO)cc2)O[C@@H]1C. The molecule has 0 aliphatic carbocycles. The summed E-state index contributed by atoms with van der Waals surface area (Å²) in [5.74, 6) is -0.717. The maximum absolute atomic E-state index is 13.9. The molecule has 0 fully saturated rings. The molecule has 0 unspecified atom stereocenters. The Balaban J connectivity index is 1.78. The van der Waals surface area contributed by atoms with Crippen LogP contribution in [0.4, 0.5) is 8.78 Å². The van der Waals surface area contributed by atoms with E-state index in [9.17, 15) is 13.6 Å². The summed E-state index contributed by atoms with van der Waals surface area (Å²) in [6.07, 6.45) is 1.71. The summed E-state index contributed by atoms with van der Waals surface area (Å²) in [6.45, 7) is 5.73. The van der Waals surface area contributed by atoms with E-state index < -0.39 is 29.2 Å². The maximum Gasteiger partial charge on any atom is 0.252 e. The van der Waals surface area contributed by atoms with E-state index in [-0.39, 0.29) is 25.1 Å². The number of benzene rings is 2. The maximum atomic E-state index is 13.9. The molecule has 2 aromatic carbocycles. The summed E-state index contributed by atoms with van der Waals surface area (Å²) in [5.41, 5.74) is -0.571. The predicted octanol–water partition coefficient (Wildman–Crippen LogP) is 3.52. The number of amides is 1. The molecule has 2 aromatic rings. The molecular formula is C24H26F2N2O4. The molecule has 1 aliphatic heterocycles. The lowest BCUT2D eigenvalue weighted by Crippen LogP contribution is -2.50. The van der Waals surface area contributed by atoms with Gasteiger partial charge in [0.25, 0.3) is 5.91 Å². The van der Waals surface area contributed by atoms with E-state index in [0.29, 0.717) is 30.2 Å². The summed E-state index contributed by atoms with van der Waals surface area (Å²) >= 11 is 0. The molecule has 1 heterocycles. The number of nitrogens with zero attached hydrogens (tertiary/aromatic N) is 1. The highest BCUT2D eigenvalue weighted by Gasteiger charge is 2.49. The van der Waals surface area contributed by atoms with E-state index in [4.69, 9.17) is 14.6 Å². The van der Waals surface area contributed by atoms with Crippen molar-refractivity contribution in [1.82, 2.24) is 5.32 Å². The molecule has 0 saturated heterocycles. The summed E-state index contributed by atoms with van der Waals surface area (Å²) in [7, 11) is 0. The lowest BCUT2D eigenvalue weighted by atomic mass is 9.89. The Morgan fingerprint density at radius 1 is 1.31 bits per heavy atom. The zero-order valence-electron chi connectivity index (χ0n) is 17.8. The number of nitrogens with one attached hydrogen (secondary N) is 1. The molecule has 6 nitrogen and oxygen atoms in total. The number of aliphatic hydroxyl groups excluding tert-OH is 1. The lowest BCUT2D eigenvalue weighted by molar-refractivity contribution is -0.128. The van der Waals surface area contributed by atoms with Crippen LogP contribution in [0.1, 0.15) is 30.9 Å². The number of rotatable bonds is 10. The molecule has 1 amide bonds. The van der Waals surface area contributed by atoms with Crippen molar-refractivity contribution in [1.29, 1.82) is 0 Å². The second-order valence-electron chi connectivity index (χ2n) is 7.46. The molecule has 0 saturated carbocycles. The third-order valence-corrected chi connectivity index (χ3v) is 5.23. The average molecular weight is 444 g/mol. The highest BCUT2D eigenvalue weighted by molar-refractivity contribution is 6.00. The van der Waals surface area contributed by atoms with Crippen LogP contribution in [0, 0.1) is 11.6 Å². The van der Waals surface area contributed by atoms with Crippen LogP contribution < -0.4 is 10.1 Å². The largest absolute Gasteiger partial charge is 0.494 e. The van der Waals surface area contributed by atoms with Gasteiger partial charge in [-0.3, -0.25) is 4.79 Å². The second kappa shape index (κ2) is 10.4. The van der Waals surface area contributed by atoms with Crippen molar-refractivity contribution in [2.24, 2.45) is 4.99 Å². The topological polar surface area (TPSA) is 80.2 Å². The van der Waals surface area contributed by atoms with Gasteiger partial charge in [0.2, 0.25) is 5.90 Å². The first-order valence-electron chi connectivity index (χ1n) is 10.3. The fourth-order valence-electron chi connectivity index (χ4n) is 3.41. The van der Waals surface area contributed by atoms with Crippen LogP contribution in [0.2, 0.25) is 0 Å². The van der Waals surface area contributed by atoms with Crippen LogP contribution >= 0.6 is 0 Å². The molecule has 3 rings (SSSR count). The van der Waals surface area contributed by atoms with Gasteiger partial charge in [0, 0.05) is 37.1 Å². The first-order valence-corrected chi connectivity index (χ1v) is 10.3. The van der Waals surface area contributed by atoms with Crippen molar-refractivity contribution >= 4 is 11.8 Å². The second-order valence-corrected chi connectivity index (χ2v) is 7.46. The van der Waals surface area contributed by atoms with E-state index in [1.54, 1.807) is 37.3 Å². The Kier molecular flexibility index (Phi) is 7.58. The third kappa shape index (κ3) is 5.13. The van der Waals surface area contributed by atoms with Gasteiger partial charge in [0.15, 0.2) is 5.54 Å². The van der Waals surface area contributed by atoms with Crippen LogP contribution in [0.3, 0.4) is 0 Å². The number of aliphatic hydroxyl groups is 1. The number of carbonyl (C=O) groups excluding carboxylic acids is 1. The van der Waals surface area contributed by atoms with Crippen molar-refractivity contribution in [3.63, 3.8) is 0 Å². The van der Waals surface area contributed by atoms with E-state index >= 15 is 0 Å². The smallest absolute Gasteiger partial charge is 0.252 e. The molecule has 0 radical (unpaired) electrons. The monoisotopic (exact) mass is 444 g/mol. The van der Waals surface area contributed by atoms with E-state index in [2.05, 4.69) is 16.9 Å². The fourth-order valence-corrected chi connectivity index (χ4v) is 3.41. The summed E-state index contributed by atoms with van der Waals surface area (Å²) in [4.78, 5) is 17.7. The minimum absolute atomic E-state index is 0.0414. The molecule has 32 heavy (non-hydrogen) atoms. The quantitative estimate of drug-likeness (QED) is 0.434. The highest BCUT2D eigenvalue weighted by atomic mass is 19.1. The van der Waals surface area contributed by atoms with Gasteiger partial charge >= 0.3 is 0 Å². The Bertz CT molecular complexity index is 994. The summed E-state index contributed by atoms with van der Waals surface area (Å²) in [5, 5.41) is 11.5. The van der Waals surface area contributed by atoms with Gasteiger partial charge in [-0.25, -0.2) is 13.8 Å². The summed E-state index contributed by atoms with van der Waals surface area (Å²) in [6, 6.07) is 10.1. The van der Waals surface area contributed by atoms with Gasteiger partial charge in [0.05, 0.1) is 6.61 Å². The molecule has 0 aromatic heterocycles. The molecule has 0 spiro atoms. The van der Waals surface area contributed by atoms with Gasteiger partial charge < -0.3 is 19.9 Å². The Morgan fingerprint density at radius 3 is 2.75 bits per heavy atom. The van der Waals surface area contributed by atoms with Crippen LogP contribution in [-0.2, 0) is 16.1 Å². The zero-order valence-corrected chi connectivity index (χ0v) is 17.8. The predicted molar refractivity (Wildman–Crippen MR) is 116 cm³/mol. The number of halogens is 2. The zero-order chi connectivity index (χ0) is 23.1. The third-order valence-electron chi connectivity index (χ3n) is 5.23. The van der Waals surface area contributed by atoms with Crippen LogP contribution in [0.5, 0.6) is 5.75 Å². The van der Waals surface area contributed by atoms with Gasteiger partial charge in [-0.2, -0.15) is 0 Å². The summed E-state index contributed by atoms with van der Waals surface area (Å²) < 4.78 is 38.8. The molecule has 170 valence electrons. The molecule has 1 aliphatic rings. The minimum atomic E-state index is -1.28. The normalized spacial score (nSPS) is 19.8. The standard InChI is InChI=1S/C24H26F2N2O4/c1-3-11-24(23(30)27-15-18-14-19(25)7-10-21(18)26)16(2)32-22(28-24)17-5-8-20(9-6-17)31-13-4-12-29/h3,5-10,14,16,29H,1,4,11-13,15H2,2H3,(H,27,30)/t16-,24-/m1/s1. The first-order chi connectivity index (χ1) is 15.4. The Morgan fingerprint density at radius 2 is 2.06 bits per heavy atom. The minimum Gasteiger partial charge on any atom is -0.494 e. The van der Waals surface area contributed by atoms with Crippen molar-refractivity contribution < 1.29 is 28.2 Å². The highest BCUT2D eigenvalue weighted by Crippen LogP contribution is 2.33. The van der Waals surface area contributed by atoms with E-state index in [1.165, 1.54) is 0 Å². The number of aliphatic imine (C=N–C) groups is 1. The number of ether oxygens (including phenoxy) is 2. The first kappa shape index (κ1) is 23.4. The van der Waals surface area contributed by atoms with Crippen LogP contribution in [0.15, 0.2) is 60.1 Å². The average Bonchev–Trinajstić information content (AvgIpc) is 3.12. The van der Waals surface area contributed by atoms with Crippen molar-refractivity contribution in [2.75, 3.05) is 13.2 Å². The van der Waals surface area contributed by atoms with Gasteiger partial charge in [-0.05, 0) is 49.4 Å². The van der Waals surface area contributed by atoms with Crippen LogP contribution in [0.25, 0.3) is 0 Å². The van der Waals surface area contributed by atoms with Gasteiger partial charge in [-0.15, -0.1) is 6.58 Å². The fraction of sp³-hybridized carbons (Fsp3) is 0.333. The molecule has 0 bridgehead atoms. The molecule has 2 atom stereocenters. The number of hydrogen-bond donors (Lipinski definition) is 2. The van der Waals surface area contributed by atoms with Crippen molar-refractivity contribution in [2.45, 2.75) is 38.0 Å². The van der Waals surface area contributed by atoms with Crippen molar-refractivity contribution in [3.8, 4) is 5.75 Å². The Hall–Kier alpha value is -3.26. The molecule has 2 N–H and O–H groups in total.